The van der Waals surface area contributed by atoms with Gasteiger partial charge in [0.15, 0.2) is 0 Å². The van der Waals surface area contributed by atoms with Crippen molar-refractivity contribution in [2.75, 3.05) is 6.54 Å². The minimum Gasteiger partial charge on any atom is -0.480 e. The second kappa shape index (κ2) is 6.07. The Bertz CT molecular complexity index is 642. The molecule has 0 aromatic heterocycles. The van der Waals surface area contributed by atoms with Crippen LogP contribution in [0.3, 0.4) is 0 Å². The summed E-state index contributed by atoms with van der Waals surface area (Å²) in [5, 5.41) is 8.80. The van der Waals surface area contributed by atoms with Gasteiger partial charge in [0.1, 0.15) is 10.9 Å². The summed E-state index contributed by atoms with van der Waals surface area (Å²) in [5.74, 6) is -1.43. The van der Waals surface area contributed by atoms with Crippen LogP contribution in [0.5, 0.6) is 0 Å². The van der Waals surface area contributed by atoms with Crippen molar-refractivity contribution in [3.63, 3.8) is 0 Å². The number of aliphatic carboxylic acids is 1. The Hall–Kier alpha value is -1.18. The summed E-state index contributed by atoms with van der Waals surface area (Å²) in [7, 11) is 0. The molecule has 1 aromatic rings. The first-order chi connectivity index (χ1) is 9.40. The fourth-order valence-electron chi connectivity index (χ4n) is 1.75. The first-order valence-corrected chi connectivity index (χ1v) is 7.64. The molecule has 20 heavy (non-hydrogen) atoms. The summed E-state index contributed by atoms with van der Waals surface area (Å²) < 4.78 is 1.19. The molecule has 1 aliphatic heterocycles. The highest BCUT2D eigenvalue weighted by atomic mass is 79.9. The third kappa shape index (κ3) is 3.11. The molecule has 0 saturated carbocycles. The lowest BCUT2D eigenvalue weighted by atomic mass is 10.1. The summed E-state index contributed by atoms with van der Waals surface area (Å²) in [6.07, 6.45) is 0. The molecule has 1 aromatic carbocycles. The van der Waals surface area contributed by atoms with Crippen molar-refractivity contribution >= 4 is 61.7 Å². The molecule has 0 aliphatic carbocycles. The molecular formula is C13H10BrNO3S2. The predicted molar refractivity (Wildman–Crippen MR) is 86.3 cm³/mol. The number of nitrogens with zero attached hydrogens (tertiary/aromatic N) is 1. The summed E-state index contributed by atoms with van der Waals surface area (Å²) >= 11 is 9.59. The van der Waals surface area contributed by atoms with Gasteiger partial charge >= 0.3 is 5.97 Å². The molecule has 0 unspecified atom stereocenters. The first-order valence-electron chi connectivity index (χ1n) is 5.62. The molecule has 1 saturated heterocycles. The number of carboxylic acid groups (broad SMARTS) is 1. The number of hydrogen-bond acceptors (Lipinski definition) is 4. The van der Waals surface area contributed by atoms with E-state index in [1.807, 2.05) is 31.2 Å². The Kier molecular flexibility index (Phi) is 4.62. The van der Waals surface area contributed by atoms with Crippen molar-refractivity contribution in [2.45, 2.75) is 6.92 Å². The SMILES string of the molecule is C/C(=C1/SC(=S)N(CC(=O)O)C1=O)c1cccc(Br)c1. The highest BCUT2D eigenvalue weighted by Gasteiger charge is 2.34. The normalized spacial score (nSPS) is 17.6. The standard InChI is InChI=1S/C13H10BrNO3S2/c1-7(8-3-2-4-9(14)5-8)11-12(18)15(6-10(16)17)13(19)20-11/h2-5H,6H2,1H3,(H,16,17)/b11-7-. The van der Waals surface area contributed by atoms with Crippen LogP contribution < -0.4 is 0 Å². The number of thioether (sulfide) groups is 1. The van der Waals surface area contributed by atoms with Gasteiger partial charge in [0, 0.05) is 4.47 Å². The van der Waals surface area contributed by atoms with Crippen molar-refractivity contribution in [1.29, 1.82) is 0 Å². The average molecular weight is 372 g/mol. The summed E-state index contributed by atoms with van der Waals surface area (Å²) in [6, 6.07) is 7.57. The fourth-order valence-corrected chi connectivity index (χ4v) is 3.45. The van der Waals surface area contributed by atoms with E-state index in [-0.39, 0.29) is 10.2 Å². The maximum absolute atomic E-state index is 12.2. The van der Waals surface area contributed by atoms with Crippen LogP contribution in [-0.4, -0.2) is 32.7 Å². The van der Waals surface area contributed by atoms with Gasteiger partial charge in [-0.15, -0.1) is 0 Å². The molecule has 0 atom stereocenters. The second-order valence-electron chi connectivity index (χ2n) is 4.12. The molecule has 0 spiro atoms. The highest BCUT2D eigenvalue weighted by Crippen LogP contribution is 2.36. The Morgan fingerprint density at radius 1 is 1.50 bits per heavy atom. The lowest BCUT2D eigenvalue weighted by molar-refractivity contribution is -0.140. The number of carbonyl (C=O) groups is 2. The van der Waals surface area contributed by atoms with Crippen LogP contribution in [0.25, 0.3) is 5.57 Å². The van der Waals surface area contributed by atoms with Gasteiger partial charge in [-0.2, -0.15) is 0 Å². The third-order valence-electron chi connectivity index (χ3n) is 2.74. The molecule has 104 valence electrons. The van der Waals surface area contributed by atoms with Gasteiger partial charge in [-0.25, -0.2) is 0 Å². The van der Waals surface area contributed by atoms with Crippen molar-refractivity contribution in [2.24, 2.45) is 0 Å². The topological polar surface area (TPSA) is 57.6 Å². The molecule has 1 heterocycles. The minimum atomic E-state index is -1.08. The summed E-state index contributed by atoms with van der Waals surface area (Å²) in [5.41, 5.74) is 1.69. The second-order valence-corrected chi connectivity index (χ2v) is 6.68. The number of rotatable bonds is 3. The van der Waals surface area contributed by atoms with E-state index in [9.17, 15) is 9.59 Å². The summed E-state index contributed by atoms with van der Waals surface area (Å²) in [4.78, 5) is 24.6. The van der Waals surface area contributed by atoms with E-state index in [2.05, 4.69) is 15.9 Å². The van der Waals surface area contributed by atoms with E-state index in [1.54, 1.807) is 0 Å². The number of hydrogen-bond donors (Lipinski definition) is 1. The van der Waals surface area contributed by atoms with Crippen LogP contribution in [0.2, 0.25) is 0 Å². The van der Waals surface area contributed by atoms with Gasteiger partial charge in [-0.3, -0.25) is 14.5 Å². The van der Waals surface area contributed by atoms with E-state index in [0.717, 1.165) is 32.3 Å². The van der Waals surface area contributed by atoms with Gasteiger partial charge < -0.3 is 5.11 Å². The highest BCUT2D eigenvalue weighted by molar-refractivity contribution is 9.10. The molecule has 2 rings (SSSR count). The van der Waals surface area contributed by atoms with Crippen molar-refractivity contribution in [3.05, 3.63) is 39.2 Å². The van der Waals surface area contributed by atoms with Crippen LogP contribution in [0.4, 0.5) is 0 Å². The minimum absolute atomic E-state index is 0.279. The Morgan fingerprint density at radius 3 is 2.80 bits per heavy atom. The molecule has 1 fully saturated rings. The molecule has 0 radical (unpaired) electrons. The molecule has 0 bridgehead atoms. The zero-order chi connectivity index (χ0) is 14.9. The van der Waals surface area contributed by atoms with Crippen LogP contribution >= 0.6 is 39.9 Å². The van der Waals surface area contributed by atoms with E-state index >= 15 is 0 Å². The van der Waals surface area contributed by atoms with Crippen LogP contribution in [0, 0.1) is 0 Å². The number of amides is 1. The maximum Gasteiger partial charge on any atom is 0.323 e. The lowest BCUT2D eigenvalue weighted by Gasteiger charge is -2.10. The van der Waals surface area contributed by atoms with Gasteiger partial charge in [0.05, 0.1) is 4.91 Å². The number of thiocarbonyl (C=S) groups is 1. The smallest absolute Gasteiger partial charge is 0.323 e. The maximum atomic E-state index is 12.2. The van der Waals surface area contributed by atoms with Crippen LogP contribution in [0.1, 0.15) is 12.5 Å². The monoisotopic (exact) mass is 371 g/mol. The number of allylic oxidation sites excluding steroid dienone is 1. The van der Waals surface area contributed by atoms with E-state index in [4.69, 9.17) is 17.3 Å². The third-order valence-corrected chi connectivity index (χ3v) is 4.78. The number of halogens is 1. The molecule has 1 N–H and O–H groups in total. The van der Waals surface area contributed by atoms with Crippen LogP contribution in [0.15, 0.2) is 33.6 Å². The van der Waals surface area contributed by atoms with Gasteiger partial charge in [0.25, 0.3) is 5.91 Å². The van der Waals surface area contributed by atoms with E-state index < -0.39 is 12.5 Å². The molecule has 7 heteroatoms. The van der Waals surface area contributed by atoms with Gasteiger partial charge in [0.2, 0.25) is 0 Å². The lowest BCUT2D eigenvalue weighted by Crippen LogP contribution is -2.33. The van der Waals surface area contributed by atoms with Gasteiger partial charge in [-0.1, -0.05) is 52.0 Å². The quantitative estimate of drug-likeness (QED) is 0.653. The summed E-state index contributed by atoms with van der Waals surface area (Å²) in [6.45, 7) is 1.43. The van der Waals surface area contributed by atoms with Crippen molar-refractivity contribution in [3.8, 4) is 0 Å². The van der Waals surface area contributed by atoms with Crippen molar-refractivity contribution in [1.82, 2.24) is 4.90 Å². The van der Waals surface area contributed by atoms with E-state index in [0.29, 0.717) is 4.91 Å². The number of carbonyl (C=O) groups excluding carboxylic acids is 1. The zero-order valence-corrected chi connectivity index (χ0v) is 13.6. The van der Waals surface area contributed by atoms with Crippen LogP contribution in [-0.2, 0) is 9.59 Å². The molecular weight excluding hydrogens is 362 g/mol. The molecule has 4 nitrogen and oxygen atoms in total. The largest absolute Gasteiger partial charge is 0.480 e. The van der Waals surface area contributed by atoms with Crippen molar-refractivity contribution < 1.29 is 14.7 Å². The zero-order valence-electron chi connectivity index (χ0n) is 10.4. The van der Waals surface area contributed by atoms with E-state index in [1.165, 1.54) is 0 Å². The first kappa shape index (κ1) is 15.2. The Labute approximate surface area is 134 Å². The fraction of sp³-hybridized carbons (Fsp3) is 0.154. The molecule has 1 aliphatic rings. The molecule has 1 amide bonds. The van der Waals surface area contributed by atoms with Gasteiger partial charge in [-0.05, 0) is 30.2 Å². The average Bonchev–Trinajstić information content (AvgIpc) is 2.65. The number of benzene rings is 1. The number of carboxylic acids is 1. The predicted octanol–water partition coefficient (Wildman–Crippen LogP) is 3.13. The Balaban J connectivity index is 2.38. The Morgan fingerprint density at radius 2 is 2.20 bits per heavy atom.